The number of rotatable bonds is 4. The van der Waals surface area contributed by atoms with E-state index in [1.165, 1.54) is 0 Å². The monoisotopic (exact) mass is 361 g/mol. The molecule has 0 aliphatic heterocycles. The summed E-state index contributed by atoms with van der Waals surface area (Å²) in [6, 6.07) is 15.8. The lowest BCUT2D eigenvalue weighted by atomic mass is 9.87. The van der Waals surface area contributed by atoms with Crippen LogP contribution in [-0.2, 0) is 6.42 Å². The lowest BCUT2D eigenvalue weighted by Crippen LogP contribution is -2.19. The maximum Gasteiger partial charge on any atom is 0.168 e. The zero-order chi connectivity index (χ0) is 19.0. The molecule has 1 aliphatic carbocycles. The van der Waals surface area contributed by atoms with Gasteiger partial charge in [0.15, 0.2) is 11.6 Å². The lowest BCUT2D eigenvalue weighted by Gasteiger charge is -2.19. The number of Topliss-reactive ketones (excluding diaryl/α,β-unsaturated/α-hetero) is 1. The van der Waals surface area contributed by atoms with Crippen molar-refractivity contribution in [2.24, 2.45) is 5.92 Å². The minimum Gasteiger partial charge on any atom is -0.497 e. The number of benzene rings is 2. The molecule has 0 saturated heterocycles. The fraction of sp³-hybridized carbons (Fsp3) is 0.273. The third-order valence-electron chi connectivity index (χ3n) is 5.05. The van der Waals surface area contributed by atoms with E-state index in [1.807, 2.05) is 60.1 Å². The van der Waals surface area contributed by atoms with Crippen molar-refractivity contribution in [3.05, 3.63) is 65.4 Å². The summed E-state index contributed by atoms with van der Waals surface area (Å²) in [7, 11) is 1.65. The van der Waals surface area contributed by atoms with E-state index in [0.29, 0.717) is 23.7 Å². The molecule has 0 radical (unpaired) electrons. The summed E-state index contributed by atoms with van der Waals surface area (Å²) in [5.41, 5.74) is 4.69. The largest absolute Gasteiger partial charge is 0.497 e. The van der Waals surface area contributed by atoms with Crippen LogP contribution in [0.3, 0.4) is 0 Å². The van der Waals surface area contributed by atoms with Gasteiger partial charge in [0.25, 0.3) is 0 Å². The normalized spacial score (nSPS) is 16.1. The molecular weight excluding hydrogens is 338 g/mol. The van der Waals surface area contributed by atoms with Crippen molar-refractivity contribution in [3.63, 3.8) is 0 Å². The molecule has 3 aromatic rings. The second-order valence-electron chi connectivity index (χ2n) is 7.16. The third-order valence-corrected chi connectivity index (χ3v) is 5.05. The number of aryl methyl sites for hydroxylation is 1. The first-order valence-corrected chi connectivity index (χ1v) is 9.19. The van der Waals surface area contributed by atoms with E-state index in [1.54, 1.807) is 7.11 Å². The van der Waals surface area contributed by atoms with Crippen molar-refractivity contribution < 1.29 is 9.53 Å². The molecule has 1 aromatic heterocycles. The number of ketones is 1. The lowest BCUT2D eigenvalue weighted by molar-refractivity contribution is 0.0953. The number of nitrogens with zero attached hydrogens (tertiary/aromatic N) is 2. The van der Waals surface area contributed by atoms with Gasteiger partial charge in [0.2, 0.25) is 0 Å². The summed E-state index contributed by atoms with van der Waals surface area (Å²) in [5, 5.41) is 8.16. The molecule has 1 unspecified atom stereocenters. The molecule has 0 saturated carbocycles. The molecule has 1 atom stereocenters. The highest BCUT2D eigenvalue weighted by Crippen LogP contribution is 2.34. The molecule has 1 heterocycles. The van der Waals surface area contributed by atoms with Crippen LogP contribution in [0.2, 0.25) is 0 Å². The van der Waals surface area contributed by atoms with Crippen LogP contribution in [0.1, 0.15) is 35.0 Å². The van der Waals surface area contributed by atoms with Crippen molar-refractivity contribution in [1.29, 1.82) is 0 Å². The van der Waals surface area contributed by atoms with Crippen LogP contribution >= 0.6 is 0 Å². The molecule has 1 N–H and O–H groups in total. The van der Waals surface area contributed by atoms with E-state index >= 15 is 0 Å². The van der Waals surface area contributed by atoms with Gasteiger partial charge in [-0.3, -0.25) is 4.79 Å². The van der Waals surface area contributed by atoms with Crippen LogP contribution in [0, 0.1) is 12.8 Å². The summed E-state index contributed by atoms with van der Waals surface area (Å²) in [6.45, 7) is 4.15. The number of aromatic nitrogens is 2. The fourth-order valence-electron chi connectivity index (χ4n) is 3.62. The molecule has 27 heavy (non-hydrogen) atoms. The highest BCUT2D eigenvalue weighted by molar-refractivity contribution is 6.03. The van der Waals surface area contributed by atoms with Gasteiger partial charge < -0.3 is 10.1 Å². The molecule has 0 amide bonds. The highest BCUT2D eigenvalue weighted by Gasteiger charge is 2.31. The number of anilines is 2. The van der Waals surface area contributed by atoms with Crippen molar-refractivity contribution in [2.75, 3.05) is 12.4 Å². The van der Waals surface area contributed by atoms with Gasteiger partial charge in [0, 0.05) is 12.1 Å². The number of nitrogens with one attached hydrogen (secondary N) is 1. The molecule has 0 fully saturated rings. The molecule has 0 bridgehead atoms. The Bertz CT molecular complexity index is 989. The van der Waals surface area contributed by atoms with E-state index in [0.717, 1.165) is 34.8 Å². The number of fused-ring (bicyclic) bond motifs is 1. The molecule has 5 nitrogen and oxygen atoms in total. The molecule has 5 heteroatoms. The number of hydrogen-bond acceptors (Lipinski definition) is 4. The Morgan fingerprint density at radius 1 is 1.11 bits per heavy atom. The average molecular weight is 361 g/mol. The summed E-state index contributed by atoms with van der Waals surface area (Å²) in [5.74, 6) is 1.89. The van der Waals surface area contributed by atoms with Gasteiger partial charge in [-0.25, -0.2) is 4.68 Å². The molecule has 2 aromatic carbocycles. The van der Waals surface area contributed by atoms with Crippen molar-refractivity contribution >= 4 is 17.3 Å². The Labute approximate surface area is 159 Å². The Balaban J connectivity index is 1.82. The van der Waals surface area contributed by atoms with E-state index < -0.39 is 0 Å². The molecule has 1 aliphatic rings. The first kappa shape index (κ1) is 17.3. The SMILES string of the molecule is COc1ccc(-n2nc(Nc3ccccc3C)c3c2CC(C)CC3=O)cc1. The summed E-state index contributed by atoms with van der Waals surface area (Å²) < 4.78 is 7.14. The quantitative estimate of drug-likeness (QED) is 0.732. The maximum atomic E-state index is 12.8. The zero-order valence-electron chi connectivity index (χ0n) is 15.8. The molecule has 4 rings (SSSR count). The minimum absolute atomic E-state index is 0.152. The second kappa shape index (κ2) is 6.91. The summed E-state index contributed by atoms with van der Waals surface area (Å²) >= 11 is 0. The first-order chi connectivity index (χ1) is 13.1. The standard InChI is InChI=1S/C22H23N3O2/c1-14-12-19-21(20(26)13-14)22(23-18-7-5-4-6-15(18)2)24-25(19)16-8-10-17(27-3)11-9-16/h4-11,14H,12-13H2,1-3H3,(H,23,24). The second-order valence-corrected chi connectivity index (χ2v) is 7.16. The number of carbonyl (C=O) groups is 1. The predicted molar refractivity (Wildman–Crippen MR) is 106 cm³/mol. The Kier molecular flexibility index (Phi) is 4.44. The van der Waals surface area contributed by atoms with Gasteiger partial charge in [-0.1, -0.05) is 25.1 Å². The highest BCUT2D eigenvalue weighted by atomic mass is 16.5. The van der Waals surface area contributed by atoms with Crippen molar-refractivity contribution in [3.8, 4) is 11.4 Å². The van der Waals surface area contributed by atoms with Gasteiger partial charge in [0.1, 0.15) is 5.75 Å². The van der Waals surface area contributed by atoms with Crippen molar-refractivity contribution in [1.82, 2.24) is 9.78 Å². The van der Waals surface area contributed by atoms with Crippen molar-refractivity contribution in [2.45, 2.75) is 26.7 Å². The van der Waals surface area contributed by atoms with Crippen LogP contribution in [0.15, 0.2) is 48.5 Å². The zero-order valence-corrected chi connectivity index (χ0v) is 15.8. The number of ether oxygens (including phenoxy) is 1. The van der Waals surface area contributed by atoms with E-state index in [9.17, 15) is 4.79 Å². The topological polar surface area (TPSA) is 56.1 Å². The summed E-state index contributed by atoms with van der Waals surface area (Å²) in [4.78, 5) is 12.8. The fourth-order valence-corrected chi connectivity index (χ4v) is 3.62. The van der Waals surface area contributed by atoms with Crippen LogP contribution in [-0.4, -0.2) is 22.7 Å². The van der Waals surface area contributed by atoms with Gasteiger partial charge in [-0.2, -0.15) is 0 Å². The summed E-state index contributed by atoms with van der Waals surface area (Å²) in [6.07, 6.45) is 1.39. The van der Waals surface area contributed by atoms with Gasteiger partial charge in [-0.05, 0) is 55.2 Å². The number of hydrogen-bond donors (Lipinski definition) is 1. The smallest absolute Gasteiger partial charge is 0.168 e. The number of methoxy groups -OCH3 is 1. The van der Waals surface area contributed by atoms with Crippen LogP contribution in [0.5, 0.6) is 5.75 Å². The van der Waals surface area contributed by atoms with Crippen LogP contribution in [0.25, 0.3) is 5.69 Å². The Morgan fingerprint density at radius 3 is 2.56 bits per heavy atom. The van der Waals surface area contributed by atoms with E-state index in [-0.39, 0.29) is 5.78 Å². The number of carbonyl (C=O) groups excluding carboxylic acids is 1. The van der Waals surface area contributed by atoms with Crippen LogP contribution in [0.4, 0.5) is 11.5 Å². The van der Waals surface area contributed by atoms with Gasteiger partial charge in [0.05, 0.1) is 24.1 Å². The third kappa shape index (κ3) is 3.21. The molecular formula is C22H23N3O2. The minimum atomic E-state index is 0.152. The average Bonchev–Trinajstić information content (AvgIpc) is 3.02. The van der Waals surface area contributed by atoms with Gasteiger partial charge >= 0.3 is 0 Å². The maximum absolute atomic E-state index is 12.8. The van der Waals surface area contributed by atoms with Crippen LogP contribution < -0.4 is 10.1 Å². The molecule has 0 spiro atoms. The van der Waals surface area contributed by atoms with E-state index in [4.69, 9.17) is 9.84 Å². The predicted octanol–water partition coefficient (Wildman–Crippen LogP) is 4.70. The molecule has 138 valence electrons. The Hall–Kier alpha value is -3.08. The van der Waals surface area contributed by atoms with E-state index in [2.05, 4.69) is 12.2 Å². The first-order valence-electron chi connectivity index (χ1n) is 9.19. The number of para-hydroxylation sites is 1. The van der Waals surface area contributed by atoms with Gasteiger partial charge in [-0.15, -0.1) is 5.10 Å². The Morgan fingerprint density at radius 2 is 1.85 bits per heavy atom.